The molecular weight excluding hydrogens is 397 g/mol. The molecule has 1 aromatic heterocycles. The zero-order valence-electron chi connectivity index (χ0n) is 16.5. The first-order chi connectivity index (χ1) is 11.9. The third-order valence-electron chi connectivity index (χ3n) is 3.76. The van der Waals surface area contributed by atoms with E-state index in [4.69, 9.17) is 13.0 Å². The highest BCUT2D eigenvalue weighted by Gasteiger charge is 2.36. The summed E-state index contributed by atoms with van der Waals surface area (Å²) in [5, 5.41) is 1.41. The van der Waals surface area contributed by atoms with Crippen molar-refractivity contribution in [3.8, 4) is 0 Å². The molecule has 0 radical (unpaired) electrons. The average molecular weight is 425 g/mol. The maximum atomic E-state index is 10.7. The molecule has 0 fully saturated rings. The molecule has 0 spiro atoms. The van der Waals surface area contributed by atoms with Crippen LogP contribution in [0.3, 0.4) is 0 Å². The highest BCUT2D eigenvalue weighted by atomic mass is 32.2. The van der Waals surface area contributed by atoms with Crippen molar-refractivity contribution >= 4 is 29.1 Å². The summed E-state index contributed by atoms with van der Waals surface area (Å²) in [6, 6.07) is 8.72. The Bertz CT molecular complexity index is 885. The monoisotopic (exact) mass is 424 g/mol. The number of aromatic nitrogens is 1. The van der Waals surface area contributed by atoms with E-state index >= 15 is 0 Å². The maximum absolute atomic E-state index is 10.7. The summed E-state index contributed by atoms with van der Waals surface area (Å²) in [6.45, 7) is 8.48. The van der Waals surface area contributed by atoms with Crippen LogP contribution in [0, 0.1) is 0 Å². The fourth-order valence-electron chi connectivity index (χ4n) is 3.35. The number of alkyl halides is 3. The summed E-state index contributed by atoms with van der Waals surface area (Å²) in [5.41, 5.74) is -2.83. The Morgan fingerprint density at radius 1 is 1.15 bits per heavy atom. The minimum absolute atomic E-state index is 1.04. The molecule has 0 saturated heterocycles. The van der Waals surface area contributed by atoms with Crippen molar-refractivity contribution in [3.63, 3.8) is 0 Å². The van der Waals surface area contributed by atoms with Gasteiger partial charge in [-0.3, -0.25) is 0 Å². The van der Waals surface area contributed by atoms with Gasteiger partial charge in [-0.25, -0.2) is 8.42 Å². The van der Waals surface area contributed by atoms with Crippen molar-refractivity contribution < 1.29 is 30.6 Å². The Labute approximate surface area is 159 Å². The molecule has 0 aliphatic carbocycles. The van der Waals surface area contributed by atoms with E-state index in [1.54, 1.807) is 0 Å². The zero-order valence-corrected chi connectivity index (χ0v) is 18.3. The number of para-hydroxylation sites is 1. The number of rotatable bonds is 4. The van der Waals surface area contributed by atoms with Gasteiger partial charge in [0.2, 0.25) is 0 Å². The predicted octanol–water partition coefficient (Wildman–Crippen LogP) is 3.68. The lowest BCUT2D eigenvalue weighted by molar-refractivity contribution is -0.894. The van der Waals surface area contributed by atoms with Gasteiger partial charge < -0.3 is 13.6 Å². The molecule has 154 valence electrons. The first-order valence-corrected chi connectivity index (χ1v) is 13.4. The fourth-order valence-corrected chi connectivity index (χ4v) is 6.03. The number of benzene rings is 1. The normalized spacial score (nSPS) is 13.4. The molecule has 5 nitrogen and oxygen atoms in total. The van der Waals surface area contributed by atoms with Crippen LogP contribution in [-0.2, 0) is 23.7 Å². The number of hydrogen-bond donors (Lipinski definition) is 0. The second-order valence-electron chi connectivity index (χ2n) is 8.49. The Hall–Kier alpha value is -1.36. The van der Waals surface area contributed by atoms with E-state index in [1.165, 1.54) is 22.6 Å². The topological polar surface area (TPSA) is 62.1 Å². The van der Waals surface area contributed by atoms with E-state index in [-0.39, 0.29) is 0 Å². The van der Waals surface area contributed by atoms with E-state index in [0.717, 1.165) is 11.0 Å². The molecule has 0 aliphatic heterocycles. The molecule has 0 atom stereocenters. The van der Waals surface area contributed by atoms with E-state index in [1.807, 2.05) is 0 Å². The Morgan fingerprint density at radius 2 is 1.63 bits per heavy atom. The van der Waals surface area contributed by atoms with Crippen LogP contribution in [0.5, 0.6) is 0 Å². The maximum Gasteiger partial charge on any atom is 0.485 e. The molecule has 2 aromatic rings. The van der Waals surface area contributed by atoms with Crippen LogP contribution in [0.25, 0.3) is 10.9 Å². The molecule has 0 aliphatic rings. The zero-order chi connectivity index (χ0) is 21.3. The number of hydrogen-bond acceptors (Lipinski definition) is 3. The van der Waals surface area contributed by atoms with Crippen LogP contribution in [0.2, 0.25) is 19.6 Å². The minimum Gasteiger partial charge on any atom is -0.741 e. The molecule has 0 unspecified atom stereocenters. The highest BCUT2D eigenvalue weighted by Crippen LogP contribution is 2.24. The van der Waals surface area contributed by atoms with Gasteiger partial charge in [-0.1, -0.05) is 37.8 Å². The number of fused-ring (bicyclic) bond motifs is 1. The predicted molar refractivity (Wildman–Crippen MR) is 103 cm³/mol. The number of nitrogens with zero attached hydrogens (tertiary/aromatic N) is 2. The van der Waals surface area contributed by atoms with Gasteiger partial charge in [-0.05, 0) is 6.07 Å². The number of quaternary nitrogens is 1. The van der Waals surface area contributed by atoms with Crippen LogP contribution >= 0.6 is 0 Å². The Balaban J connectivity index is 0.000000387. The largest absolute Gasteiger partial charge is 0.741 e. The van der Waals surface area contributed by atoms with Crippen LogP contribution in [0.1, 0.15) is 5.56 Å². The molecule has 0 saturated carbocycles. The van der Waals surface area contributed by atoms with Crippen LogP contribution in [0.15, 0.2) is 30.5 Å². The lowest BCUT2D eigenvalue weighted by Gasteiger charge is -2.34. The Morgan fingerprint density at radius 3 is 2.07 bits per heavy atom. The average Bonchev–Trinajstić information content (AvgIpc) is 2.71. The summed E-state index contributed by atoms with van der Waals surface area (Å²) >= 11 is 0. The van der Waals surface area contributed by atoms with Gasteiger partial charge in [-0.2, -0.15) is 13.2 Å². The van der Waals surface area contributed by atoms with Crippen molar-refractivity contribution in [3.05, 3.63) is 36.0 Å². The SMILES string of the molecule is Cn1cc(C[N+](C)(C)C[Si](C)(C)C)c2ccccc21.O=S(=O)([O-])C(F)(F)F. The molecule has 1 aromatic carbocycles. The molecule has 0 N–H and O–H groups in total. The molecule has 1 heterocycles. The second kappa shape index (κ2) is 7.94. The molecule has 2 rings (SSSR count). The van der Waals surface area contributed by atoms with Crippen LogP contribution < -0.4 is 0 Å². The third kappa shape index (κ3) is 7.28. The summed E-state index contributed by atoms with van der Waals surface area (Å²) in [7, 11) is -0.267. The first kappa shape index (κ1) is 23.7. The van der Waals surface area contributed by atoms with Gasteiger partial charge >= 0.3 is 5.51 Å². The molecule has 0 bridgehead atoms. The highest BCUT2D eigenvalue weighted by molar-refractivity contribution is 7.86. The fraction of sp³-hybridized carbons (Fsp3) is 0.529. The quantitative estimate of drug-likeness (QED) is 0.326. The summed E-state index contributed by atoms with van der Waals surface area (Å²) in [4.78, 5) is 0. The molecule has 0 amide bonds. The van der Waals surface area contributed by atoms with Crippen molar-refractivity contribution in [1.82, 2.24) is 4.57 Å². The van der Waals surface area contributed by atoms with Crippen LogP contribution in [-0.4, -0.2) is 55.9 Å². The van der Waals surface area contributed by atoms with E-state index in [0.29, 0.717) is 0 Å². The number of halogens is 3. The lowest BCUT2D eigenvalue weighted by atomic mass is 10.1. The van der Waals surface area contributed by atoms with E-state index < -0.39 is 23.7 Å². The first-order valence-electron chi connectivity index (χ1n) is 8.30. The minimum atomic E-state index is -6.09. The molecular formula is C17H27F3N2O3SSi. The van der Waals surface area contributed by atoms with Gasteiger partial charge in [-0.15, -0.1) is 0 Å². The summed E-state index contributed by atoms with van der Waals surface area (Å²) < 4.78 is 62.2. The lowest BCUT2D eigenvalue weighted by Crippen LogP contribution is -2.49. The van der Waals surface area contributed by atoms with Crippen molar-refractivity contribution in [2.45, 2.75) is 31.7 Å². The van der Waals surface area contributed by atoms with Gasteiger partial charge in [0.25, 0.3) is 0 Å². The van der Waals surface area contributed by atoms with Gasteiger partial charge in [0, 0.05) is 29.7 Å². The van der Waals surface area contributed by atoms with E-state index in [2.05, 4.69) is 75.8 Å². The van der Waals surface area contributed by atoms with Crippen molar-refractivity contribution in [1.29, 1.82) is 0 Å². The summed E-state index contributed by atoms with van der Waals surface area (Å²) in [5.74, 6) is 0. The third-order valence-corrected chi connectivity index (χ3v) is 6.14. The van der Waals surface area contributed by atoms with Gasteiger partial charge in [0.05, 0.1) is 20.3 Å². The van der Waals surface area contributed by atoms with E-state index in [9.17, 15) is 13.2 Å². The smallest absolute Gasteiger partial charge is 0.485 e. The second-order valence-corrected chi connectivity index (χ2v) is 15.3. The standard InChI is InChI=1S/C16H27N2Si.CHF3O3S/c1-17-11-14(15-9-7-8-10-16(15)17)12-18(2,3)13-19(4,5)6;2-1(3,4)8(5,6)7/h7-11H,12-13H2,1-6H3;(H,5,6,7)/q+1;/p-1. The molecule has 27 heavy (non-hydrogen) atoms. The summed E-state index contributed by atoms with van der Waals surface area (Å²) in [6.07, 6.45) is 3.62. The van der Waals surface area contributed by atoms with Crippen molar-refractivity contribution in [2.75, 3.05) is 20.3 Å². The Kier molecular flexibility index (Phi) is 6.96. The number of aryl methyl sites for hydroxylation is 1. The van der Waals surface area contributed by atoms with Gasteiger partial charge in [0.1, 0.15) is 14.6 Å². The van der Waals surface area contributed by atoms with Gasteiger partial charge in [0.15, 0.2) is 10.1 Å². The van der Waals surface area contributed by atoms with Crippen molar-refractivity contribution in [2.24, 2.45) is 7.05 Å². The van der Waals surface area contributed by atoms with Crippen LogP contribution in [0.4, 0.5) is 13.2 Å². The molecule has 10 heteroatoms.